The average Bonchev–Trinajstić information content (AvgIpc) is 2.68. The summed E-state index contributed by atoms with van der Waals surface area (Å²) < 4.78 is 0. The summed E-state index contributed by atoms with van der Waals surface area (Å²) in [7, 11) is 0. The van der Waals surface area contributed by atoms with Gasteiger partial charge in [0.05, 0.1) is 9.85 Å². The maximum atomic E-state index is 10.8. The minimum absolute atomic E-state index is 0.0356. The Morgan fingerprint density at radius 2 is 1.21 bits per heavy atom. The second-order valence-electron chi connectivity index (χ2n) is 6.18. The van der Waals surface area contributed by atoms with Crippen LogP contribution in [0.15, 0.2) is 72.8 Å². The number of nitrogens with zero attached hydrogens (tertiary/aromatic N) is 3. The number of benzene rings is 3. The molecule has 0 aliphatic carbocycles. The highest BCUT2D eigenvalue weighted by atomic mass is 35.5. The Kier molecular flexibility index (Phi) is 5.86. The minimum Gasteiger partial charge on any atom is -0.363 e. The smallest absolute Gasteiger partial charge is 0.269 e. The van der Waals surface area contributed by atoms with Gasteiger partial charge in [-0.1, -0.05) is 41.9 Å². The maximum absolute atomic E-state index is 10.8. The summed E-state index contributed by atoms with van der Waals surface area (Å²) in [4.78, 5) is 22.9. The van der Waals surface area contributed by atoms with Gasteiger partial charge in [-0.3, -0.25) is 20.2 Å². The zero-order valence-electron chi connectivity index (χ0n) is 14.7. The Morgan fingerprint density at radius 3 is 1.61 bits per heavy atom. The molecule has 0 saturated carbocycles. The molecule has 0 saturated heterocycles. The molecule has 0 bridgehead atoms. The van der Waals surface area contributed by atoms with E-state index in [9.17, 15) is 20.2 Å². The van der Waals surface area contributed by atoms with Crippen molar-refractivity contribution in [1.82, 2.24) is 0 Å². The second-order valence-corrected chi connectivity index (χ2v) is 6.62. The molecule has 0 amide bonds. The first-order chi connectivity index (χ1) is 13.4. The second kappa shape index (κ2) is 8.49. The Bertz CT molecular complexity index is 932. The molecule has 0 atom stereocenters. The van der Waals surface area contributed by atoms with Gasteiger partial charge in [-0.25, -0.2) is 0 Å². The summed E-state index contributed by atoms with van der Waals surface area (Å²) in [5.74, 6) is 0. The lowest BCUT2D eigenvalue weighted by Gasteiger charge is -2.25. The van der Waals surface area contributed by atoms with Gasteiger partial charge >= 0.3 is 0 Å². The summed E-state index contributed by atoms with van der Waals surface area (Å²) >= 11 is 6.13. The normalized spacial score (nSPS) is 10.5. The lowest BCUT2D eigenvalue weighted by molar-refractivity contribution is -0.385. The van der Waals surface area contributed by atoms with Gasteiger partial charge in [0, 0.05) is 48.1 Å². The molecular formula is C20H16ClN3O4. The standard InChI is InChI=1S/C20H16ClN3O4/c21-17-2-1-3-20(12-17)22(13-15-4-8-18(9-5-15)23(25)26)14-16-6-10-19(11-7-16)24(27)28/h1-12H,13-14H2. The van der Waals surface area contributed by atoms with Gasteiger partial charge in [-0.05, 0) is 29.3 Å². The zero-order chi connectivity index (χ0) is 20.1. The Morgan fingerprint density at radius 1 is 0.750 bits per heavy atom. The van der Waals surface area contributed by atoms with E-state index in [-0.39, 0.29) is 11.4 Å². The molecule has 0 fully saturated rings. The van der Waals surface area contributed by atoms with E-state index in [2.05, 4.69) is 0 Å². The van der Waals surface area contributed by atoms with Gasteiger partial charge < -0.3 is 4.90 Å². The van der Waals surface area contributed by atoms with E-state index in [1.807, 2.05) is 23.1 Å². The van der Waals surface area contributed by atoms with E-state index in [0.29, 0.717) is 18.1 Å². The number of hydrogen-bond acceptors (Lipinski definition) is 5. The van der Waals surface area contributed by atoms with Crippen molar-refractivity contribution in [1.29, 1.82) is 0 Å². The lowest BCUT2D eigenvalue weighted by atomic mass is 10.1. The number of hydrogen-bond donors (Lipinski definition) is 0. The highest BCUT2D eigenvalue weighted by Crippen LogP contribution is 2.25. The van der Waals surface area contributed by atoms with Crippen LogP contribution in [-0.2, 0) is 13.1 Å². The van der Waals surface area contributed by atoms with Crippen LogP contribution in [-0.4, -0.2) is 9.85 Å². The van der Waals surface area contributed by atoms with E-state index < -0.39 is 9.85 Å². The van der Waals surface area contributed by atoms with Crippen LogP contribution < -0.4 is 4.90 Å². The molecule has 8 heteroatoms. The Balaban J connectivity index is 1.86. The van der Waals surface area contributed by atoms with E-state index in [1.165, 1.54) is 24.3 Å². The molecule has 3 rings (SSSR count). The number of nitro benzene ring substituents is 2. The van der Waals surface area contributed by atoms with Crippen LogP contribution in [0.25, 0.3) is 0 Å². The first-order valence-corrected chi connectivity index (χ1v) is 8.77. The quantitative estimate of drug-likeness (QED) is 0.395. The molecule has 7 nitrogen and oxygen atoms in total. The van der Waals surface area contributed by atoms with E-state index in [0.717, 1.165) is 16.8 Å². The highest BCUT2D eigenvalue weighted by molar-refractivity contribution is 6.30. The van der Waals surface area contributed by atoms with Crippen LogP contribution in [0, 0.1) is 20.2 Å². The fourth-order valence-electron chi connectivity index (χ4n) is 2.80. The molecule has 3 aromatic carbocycles. The van der Waals surface area contributed by atoms with Crippen molar-refractivity contribution in [3.63, 3.8) is 0 Å². The Hall–Kier alpha value is -3.45. The maximum Gasteiger partial charge on any atom is 0.269 e. The minimum atomic E-state index is -0.435. The van der Waals surface area contributed by atoms with Crippen LogP contribution in [0.1, 0.15) is 11.1 Å². The number of non-ortho nitro benzene ring substituents is 2. The number of nitro groups is 2. The SMILES string of the molecule is O=[N+]([O-])c1ccc(CN(Cc2ccc([N+](=O)[O-])cc2)c2cccc(Cl)c2)cc1. The topological polar surface area (TPSA) is 89.5 Å². The predicted molar refractivity (Wildman–Crippen MR) is 108 cm³/mol. The van der Waals surface area contributed by atoms with Crippen molar-refractivity contribution < 1.29 is 9.85 Å². The van der Waals surface area contributed by atoms with Crippen molar-refractivity contribution in [2.75, 3.05) is 4.90 Å². The molecule has 0 heterocycles. The third-order valence-corrected chi connectivity index (χ3v) is 4.45. The molecule has 3 aromatic rings. The molecule has 0 aromatic heterocycles. The number of halogens is 1. The zero-order valence-corrected chi connectivity index (χ0v) is 15.5. The predicted octanol–water partition coefficient (Wildman–Crippen LogP) is 5.36. The fourth-order valence-corrected chi connectivity index (χ4v) is 2.98. The average molecular weight is 398 g/mol. The van der Waals surface area contributed by atoms with Gasteiger partial charge in [-0.15, -0.1) is 0 Å². The van der Waals surface area contributed by atoms with E-state index in [4.69, 9.17) is 11.6 Å². The number of rotatable bonds is 7. The van der Waals surface area contributed by atoms with Gasteiger partial charge in [0.15, 0.2) is 0 Å². The van der Waals surface area contributed by atoms with Crippen molar-refractivity contribution >= 4 is 28.7 Å². The monoisotopic (exact) mass is 397 g/mol. The van der Waals surface area contributed by atoms with Crippen LogP contribution in [0.3, 0.4) is 0 Å². The van der Waals surface area contributed by atoms with Gasteiger partial charge in [-0.2, -0.15) is 0 Å². The van der Waals surface area contributed by atoms with Crippen LogP contribution in [0.4, 0.5) is 17.1 Å². The molecule has 142 valence electrons. The molecule has 0 radical (unpaired) electrons. The van der Waals surface area contributed by atoms with Crippen LogP contribution >= 0.6 is 11.6 Å². The first-order valence-electron chi connectivity index (χ1n) is 8.39. The summed E-state index contributed by atoms with van der Waals surface area (Å²) in [6.07, 6.45) is 0. The first kappa shape index (κ1) is 19.3. The fraction of sp³-hybridized carbons (Fsp3) is 0.100. The Labute approximate surface area is 166 Å². The third kappa shape index (κ3) is 4.83. The largest absolute Gasteiger partial charge is 0.363 e. The molecule has 0 spiro atoms. The highest BCUT2D eigenvalue weighted by Gasteiger charge is 2.12. The molecular weight excluding hydrogens is 382 g/mol. The summed E-state index contributed by atoms with van der Waals surface area (Å²) in [5.41, 5.74) is 2.74. The van der Waals surface area contributed by atoms with Crippen molar-refractivity contribution in [2.45, 2.75) is 13.1 Å². The summed E-state index contributed by atoms with van der Waals surface area (Å²) in [5, 5.41) is 22.3. The molecule has 0 aliphatic rings. The van der Waals surface area contributed by atoms with E-state index in [1.54, 1.807) is 30.3 Å². The molecule has 0 unspecified atom stereocenters. The molecule has 0 aliphatic heterocycles. The molecule has 0 N–H and O–H groups in total. The van der Waals surface area contributed by atoms with Gasteiger partial charge in [0.25, 0.3) is 11.4 Å². The van der Waals surface area contributed by atoms with Gasteiger partial charge in [0.1, 0.15) is 0 Å². The van der Waals surface area contributed by atoms with Crippen molar-refractivity contribution in [2.24, 2.45) is 0 Å². The van der Waals surface area contributed by atoms with Crippen LogP contribution in [0.2, 0.25) is 5.02 Å². The summed E-state index contributed by atoms with van der Waals surface area (Å²) in [6, 6.07) is 20.1. The van der Waals surface area contributed by atoms with Crippen molar-refractivity contribution in [3.05, 3.63) is 109 Å². The van der Waals surface area contributed by atoms with Gasteiger partial charge in [0.2, 0.25) is 0 Å². The lowest BCUT2D eigenvalue weighted by Crippen LogP contribution is -2.22. The van der Waals surface area contributed by atoms with E-state index >= 15 is 0 Å². The molecule has 28 heavy (non-hydrogen) atoms. The van der Waals surface area contributed by atoms with Crippen molar-refractivity contribution in [3.8, 4) is 0 Å². The summed E-state index contributed by atoms with van der Waals surface area (Å²) in [6.45, 7) is 0.991. The van der Waals surface area contributed by atoms with Crippen LogP contribution in [0.5, 0.6) is 0 Å². The third-order valence-electron chi connectivity index (χ3n) is 4.21. The number of anilines is 1.